The van der Waals surface area contributed by atoms with Crippen LogP contribution in [0.3, 0.4) is 0 Å². The van der Waals surface area contributed by atoms with Crippen LogP contribution < -0.4 is 10.6 Å². The quantitative estimate of drug-likeness (QED) is 0.533. The summed E-state index contributed by atoms with van der Waals surface area (Å²) < 4.78 is 15.7. The maximum Gasteiger partial charge on any atom is 0.246 e. The van der Waals surface area contributed by atoms with Crippen molar-refractivity contribution < 1.29 is 4.39 Å². The number of hydrogen-bond donors (Lipinski definition) is 2. The van der Waals surface area contributed by atoms with E-state index in [9.17, 15) is 4.39 Å². The molecule has 0 bridgehead atoms. The minimum atomic E-state index is -0.447. The van der Waals surface area contributed by atoms with Crippen LogP contribution in [0, 0.1) is 25.2 Å². The molecule has 0 unspecified atom stereocenters. The number of aromatic nitrogens is 6. The van der Waals surface area contributed by atoms with Crippen molar-refractivity contribution in [2.24, 2.45) is 5.92 Å². The summed E-state index contributed by atoms with van der Waals surface area (Å²) in [5, 5.41) is 17.8. The van der Waals surface area contributed by atoms with Gasteiger partial charge in [0.1, 0.15) is 17.3 Å². The zero-order valence-corrected chi connectivity index (χ0v) is 19.1. The van der Waals surface area contributed by atoms with Gasteiger partial charge in [-0.1, -0.05) is 6.42 Å². The van der Waals surface area contributed by atoms with Crippen LogP contribution in [-0.4, -0.2) is 60.8 Å². The van der Waals surface area contributed by atoms with E-state index in [1.54, 1.807) is 19.1 Å². The fraction of sp³-hybridized carbons (Fsp3) is 0.478. The number of benzene rings is 1. The van der Waals surface area contributed by atoms with Gasteiger partial charge in [0, 0.05) is 24.5 Å². The molecule has 2 saturated heterocycles. The van der Waals surface area contributed by atoms with Gasteiger partial charge in [0.05, 0.1) is 6.57 Å². The Morgan fingerprint density at radius 3 is 2.91 bits per heavy atom. The maximum absolute atomic E-state index is 14.4. The first-order valence-corrected chi connectivity index (χ1v) is 11.7. The summed E-state index contributed by atoms with van der Waals surface area (Å²) >= 11 is 0. The van der Waals surface area contributed by atoms with Crippen molar-refractivity contribution >= 4 is 23.1 Å². The van der Waals surface area contributed by atoms with Crippen LogP contribution in [0.1, 0.15) is 37.9 Å². The molecular weight excluding hydrogens is 435 g/mol. The van der Waals surface area contributed by atoms with Crippen molar-refractivity contribution in [2.75, 3.05) is 30.3 Å². The number of fused-ring (bicyclic) bond motifs is 1. The van der Waals surface area contributed by atoms with E-state index in [4.69, 9.17) is 6.57 Å². The van der Waals surface area contributed by atoms with E-state index in [0.717, 1.165) is 6.54 Å². The molecule has 176 valence electrons. The number of anilines is 3. The second-order valence-electron chi connectivity index (χ2n) is 8.85. The summed E-state index contributed by atoms with van der Waals surface area (Å²) in [5.41, 5.74) is 1.18. The minimum absolute atomic E-state index is 0.220. The second-order valence-corrected chi connectivity index (χ2v) is 8.85. The largest absolute Gasteiger partial charge is 0.378 e. The predicted octanol–water partition coefficient (Wildman–Crippen LogP) is 3.87. The molecule has 0 spiro atoms. The lowest BCUT2D eigenvalue weighted by molar-refractivity contribution is 0.0649. The highest BCUT2D eigenvalue weighted by Gasteiger charge is 2.32. The summed E-state index contributed by atoms with van der Waals surface area (Å²) in [6, 6.07) is 5.14. The minimum Gasteiger partial charge on any atom is -0.378 e. The van der Waals surface area contributed by atoms with Crippen molar-refractivity contribution in [3.05, 3.63) is 47.5 Å². The molecule has 2 fully saturated rings. The molecule has 2 aliphatic heterocycles. The molecular formula is C23H27FN10. The topological polar surface area (TPSA) is 101 Å². The van der Waals surface area contributed by atoms with Gasteiger partial charge in [-0.25, -0.2) is 19.2 Å². The Hall–Kier alpha value is -3.65. The van der Waals surface area contributed by atoms with Gasteiger partial charge in [0.25, 0.3) is 0 Å². The van der Waals surface area contributed by atoms with Gasteiger partial charge in [-0.2, -0.15) is 4.68 Å². The fourth-order valence-corrected chi connectivity index (χ4v) is 5.03. The molecule has 2 atom stereocenters. The van der Waals surface area contributed by atoms with Crippen molar-refractivity contribution in [2.45, 2.75) is 45.1 Å². The molecule has 0 radical (unpaired) electrons. The Bertz CT molecular complexity index is 1200. The first kappa shape index (κ1) is 22.2. The third-order valence-electron chi connectivity index (χ3n) is 6.71. The zero-order valence-electron chi connectivity index (χ0n) is 19.1. The van der Waals surface area contributed by atoms with Crippen molar-refractivity contribution in [3.8, 4) is 5.69 Å². The SMILES string of the molecule is [C-]#[N+]c1cnc(Nc2ccc(F)c(-n3nnnc3C)c2)nc1NC[C@@H]1CCCN2CCCC[C@H]12. The molecule has 5 rings (SSSR count). The van der Waals surface area contributed by atoms with Gasteiger partial charge in [0.2, 0.25) is 11.6 Å². The van der Waals surface area contributed by atoms with Crippen molar-refractivity contribution in [1.82, 2.24) is 35.1 Å². The molecule has 2 aliphatic rings. The van der Waals surface area contributed by atoms with Crippen molar-refractivity contribution in [1.29, 1.82) is 0 Å². The van der Waals surface area contributed by atoms with Crippen LogP contribution in [0.4, 0.5) is 27.5 Å². The lowest BCUT2D eigenvalue weighted by Gasteiger charge is -2.44. The Balaban J connectivity index is 1.33. The standard InChI is InChI=1S/C23H27FN10/c1-15-30-31-32-34(15)21-12-17(8-9-18(21)24)28-23-27-14-19(25-2)22(29-23)26-13-16-6-5-11-33-10-4-3-7-20(16)33/h8-9,12,14,16,20H,3-7,10-11,13H2,1H3,(H2,26,27,28,29)/t16-,20+/m0/s1. The Kier molecular flexibility index (Phi) is 6.31. The molecule has 1 aromatic carbocycles. The number of hydrogen-bond acceptors (Lipinski definition) is 8. The summed E-state index contributed by atoms with van der Waals surface area (Å²) in [6.45, 7) is 12.4. The van der Waals surface area contributed by atoms with Gasteiger partial charge >= 0.3 is 0 Å². The van der Waals surface area contributed by atoms with Gasteiger partial charge in [-0.3, -0.25) is 0 Å². The summed E-state index contributed by atoms with van der Waals surface area (Å²) in [4.78, 5) is 15.0. The number of tetrazole rings is 1. The molecule has 0 amide bonds. The van der Waals surface area contributed by atoms with E-state index in [0.29, 0.717) is 40.9 Å². The second kappa shape index (κ2) is 9.69. The number of piperidine rings is 2. The number of halogens is 1. The van der Waals surface area contributed by atoms with Crippen LogP contribution in [0.5, 0.6) is 0 Å². The van der Waals surface area contributed by atoms with Crippen LogP contribution in [0.25, 0.3) is 10.5 Å². The van der Waals surface area contributed by atoms with Gasteiger partial charge in [-0.15, -0.1) is 5.10 Å². The molecule has 34 heavy (non-hydrogen) atoms. The lowest BCUT2D eigenvalue weighted by atomic mass is 9.83. The molecule has 11 heteroatoms. The molecule has 3 aromatic rings. The molecule has 0 saturated carbocycles. The Labute approximate surface area is 197 Å². The highest BCUT2D eigenvalue weighted by atomic mass is 19.1. The first-order valence-electron chi connectivity index (χ1n) is 11.7. The van der Waals surface area contributed by atoms with Crippen LogP contribution >= 0.6 is 0 Å². The maximum atomic E-state index is 14.4. The van der Waals surface area contributed by atoms with Crippen LogP contribution in [0.2, 0.25) is 0 Å². The van der Waals surface area contributed by atoms with Gasteiger partial charge < -0.3 is 15.5 Å². The zero-order chi connectivity index (χ0) is 23.5. The van der Waals surface area contributed by atoms with E-state index >= 15 is 0 Å². The number of rotatable bonds is 6. The summed E-state index contributed by atoms with van der Waals surface area (Å²) in [6.07, 6.45) is 7.73. The van der Waals surface area contributed by atoms with Crippen LogP contribution in [-0.2, 0) is 0 Å². The van der Waals surface area contributed by atoms with Gasteiger partial charge in [0.15, 0.2) is 5.82 Å². The van der Waals surface area contributed by atoms with E-state index in [-0.39, 0.29) is 5.69 Å². The smallest absolute Gasteiger partial charge is 0.246 e. The van der Waals surface area contributed by atoms with E-state index in [2.05, 4.69) is 45.9 Å². The fourth-order valence-electron chi connectivity index (χ4n) is 5.03. The van der Waals surface area contributed by atoms with E-state index in [1.165, 1.54) is 62.1 Å². The highest BCUT2D eigenvalue weighted by Crippen LogP contribution is 2.32. The number of nitrogens with one attached hydrogen (secondary N) is 2. The number of aryl methyl sites for hydroxylation is 1. The van der Waals surface area contributed by atoms with E-state index < -0.39 is 5.82 Å². The van der Waals surface area contributed by atoms with Crippen molar-refractivity contribution in [3.63, 3.8) is 0 Å². The third-order valence-corrected chi connectivity index (χ3v) is 6.71. The predicted molar refractivity (Wildman–Crippen MR) is 126 cm³/mol. The highest BCUT2D eigenvalue weighted by molar-refractivity contribution is 5.67. The third kappa shape index (κ3) is 4.54. The van der Waals surface area contributed by atoms with Crippen LogP contribution in [0.15, 0.2) is 24.4 Å². The lowest BCUT2D eigenvalue weighted by Crippen LogP contribution is -2.49. The first-order chi connectivity index (χ1) is 16.6. The van der Waals surface area contributed by atoms with Gasteiger partial charge in [-0.05, 0) is 80.2 Å². The average Bonchev–Trinajstić information content (AvgIpc) is 3.29. The molecule has 2 aromatic heterocycles. The molecule has 0 aliphatic carbocycles. The Morgan fingerprint density at radius 1 is 1.21 bits per heavy atom. The normalized spacial score (nSPS) is 20.4. The summed E-state index contributed by atoms with van der Waals surface area (Å²) in [5.74, 6) is 1.40. The molecule has 2 N–H and O–H groups in total. The van der Waals surface area contributed by atoms with E-state index in [1.807, 2.05) is 0 Å². The molecule has 4 heterocycles. The number of nitrogens with zero attached hydrogens (tertiary/aromatic N) is 8. The average molecular weight is 463 g/mol. The summed E-state index contributed by atoms with van der Waals surface area (Å²) in [7, 11) is 0. The Morgan fingerprint density at radius 2 is 2.09 bits per heavy atom. The molecule has 10 nitrogen and oxygen atoms in total. The monoisotopic (exact) mass is 462 g/mol.